The molecule has 0 aliphatic rings. The molecule has 0 aliphatic carbocycles. The van der Waals surface area contributed by atoms with Gasteiger partial charge in [0.2, 0.25) is 0 Å². The molecule has 3 nitrogen and oxygen atoms in total. The third kappa shape index (κ3) is 4.96. The first kappa shape index (κ1) is 11.2. The van der Waals surface area contributed by atoms with E-state index in [0.29, 0.717) is 11.3 Å². The van der Waals surface area contributed by atoms with Gasteiger partial charge in [0.15, 0.2) is 0 Å². The fourth-order valence-corrected chi connectivity index (χ4v) is 0.868. The molecule has 0 aliphatic heterocycles. The largest absolute Gasteiger partial charge is 0.486 e. The molecule has 0 saturated carbocycles. The van der Waals surface area contributed by atoms with Gasteiger partial charge >= 0.3 is 5.97 Å². The molecular weight excluding hydrogens is 224 g/mol. The molecule has 0 aromatic rings. The average Bonchev–Trinajstić information content (AvgIpc) is 2.05. The van der Waals surface area contributed by atoms with Crippen LogP contribution in [-0.2, 0) is 14.3 Å². The van der Waals surface area contributed by atoms with Gasteiger partial charge in [0, 0.05) is 0 Å². The molecule has 0 bridgehead atoms. The van der Waals surface area contributed by atoms with E-state index in [-0.39, 0.29) is 12.4 Å². The zero-order valence-electron chi connectivity index (χ0n) is 6.88. The first-order valence-electron chi connectivity index (χ1n) is 3.31. The highest BCUT2D eigenvalue weighted by Gasteiger charge is 2.05. The summed E-state index contributed by atoms with van der Waals surface area (Å²) in [6.07, 6.45) is 3.31. The van der Waals surface area contributed by atoms with E-state index >= 15 is 0 Å². The van der Waals surface area contributed by atoms with Crippen LogP contribution in [0.2, 0.25) is 0 Å². The molecule has 4 heteroatoms. The van der Waals surface area contributed by atoms with Crippen LogP contribution in [0, 0.1) is 0 Å². The number of halogens is 1. The van der Waals surface area contributed by atoms with Crippen LogP contribution >= 0.6 is 15.9 Å². The van der Waals surface area contributed by atoms with E-state index < -0.39 is 0 Å². The Labute approximate surface area is 80.2 Å². The summed E-state index contributed by atoms with van der Waals surface area (Å²) >= 11 is 3.08. The number of hydrogen-bond donors (Lipinski definition) is 0. The summed E-state index contributed by atoms with van der Waals surface area (Å²) in [5.41, 5.74) is 0.351. The fraction of sp³-hybridized carbons (Fsp3) is 0.375. The molecule has 0 saturated heterocycles. The highest BCUT2D eigenvalue weighted by Crippen LogP contribution is 2.06. The second-order valence-corrected chi connectivity index (χ2v) is 2.33. The maximum absolute atomic E-state index is 10.8. The van der Waals surface area contributed by atoms with Gasteiger partial charge in [-0.15, -0.1) is 0 Å². The minimum atomic E-state index is -0.330. The molecule has 0 aromatic heterocycles. The van der Waals surface area contributed by atoms with Crippen molar-refractivity contribution < 1.29 is 14.3 Å². The lowest BCUT2D eigenvalue weighted by atomic mass is 10.3. The molecule has 68 valence electrons. The monoisotopic (exact) mass is 234 g/mol. The minimum absolute atomic E-state index is 0.133. The average molecular weight is 235 g/mol. The number of carbonyl (C=O) groups excluding carboxylic acids is 1. The van der Waals surface area contributed by atoms with Gasteiger partial charge in [0.25, 0.3) is 0 Å². The standard InChI is InChI=1S/C8H11BrO3/c1-3-4-7(12-6-9)5-8(10)11-2/h3-4H,1,5-6H2,2H3/b7-4-. The second-order valence-electron chi connectivity index (χ2n) is 1.88. The lowest BCUT2D eigenvalue weighted by molar-refractivity contribution is -0.140. The molecule has 0 aromatic carbocycles. The maximum atomic E-state index is 10.8. The first-order valence-corrected chi connectivity index (χ1v) is 4.44. The van der Waals surface area contributed by atoms with Crippen molar-refractivity contribution in [3.63, 3.8) is 0 Å². The van der Waals surface area contributed by atoms with E-state index in [1.165, 1.54) is 7.11 Å². The van der Waals surface area contributed by atoms with E-state index in [4.69, 9.17) is 4.74 Å². The van der Waals surface area contributed by atoms with Gasteiger partial charge in [-0.1, -0.05) is 12.7 Å². The highest BCUT2D eigenvalue weighted by molar-refractivity contribution is 9.09. The van der Waals surface area contributed by atoms with E-state index in [9.17, 15) is 4.79 Å². The Balaban J connectivity index is 4.03. The molecule has 0 rings (SSSR count). The predicted octanol–water partition coefficient (Wildman–Crippen LogP) is 1.99. The van der Waals surface area contributed by atoms with Gasteiger partial charge < -0.3 is 9.47 Å². The topological polar surface area (TPSA) is 35.5 Å². The van der Waals surface area contributed by atoms with Crippen LogP contribution in [0.4, 0.5) is 0 Å². The smallest absolute Gasteiger partial charge is 0.313 e. The lowest BCUT2D eigenvalue weighted by Gasteiger charge is -2.04. The van der Waals surface area contributed by atoms with Crippen molar-refractivity contribution in [3.05, 3.63) is 24.5 Å². The number of hydrogen-bond acceptors (Lipinski definition) is 3. The molecule has 0 N–H and O–H groups in total. The Hall–Kier alpha value is -0.770. The summed E-state index contributed by atoms with van der Waals surface area (Å²) < 4.78 is 9.52. The SMILES string of the molecule is C=C/C=C(/CC(=O)OC)OCBr. The summed E-state index contributed by atoms with van der Waals surface area (Å²) in [7, 11) is 1.34. The molecule has 12 heavy (non-hydrogen) atoms. The normalized spacial score (nSPS) is 10.7. The van der Waals surface area contributed by atoms with Crippen LogP contribution in [0.1, 0.15) is 6.42 Å². The third-order valence-corrected chi connectivity index (χ3v) is 1.32. The second kappa shape index (κ2) is 6.91. The molecule has 0 heterocycles. The van der Waals surface area contributed by atoms with Gasteiger partial charge in [-0.2, -0.15) is 0 Å². The molecular formula is C8H11BrO3. The van der Waals surface area contributed by atoms with E-state index in [1.54, 1.807) is 12.2 Å². The summed E-state index contributed by atoms with van der Waals surface area (Å²) in [6, 6.07) is 0. The molecule has 0 radical (unpaired) electrons. The Bertz CT molecular complexity index is 187. The van der Waals surface area contributed by atoms with Crippen molar-refractivity contribution in [1.82, 2.24) is 0 Å². The first-order chi connectivity index (χ1) is 5.74. The third-order valence-electron chi connectivity index (χ3n) is 1.09. The minimum Gasteiger partial charge on any atom is -0.486 e. The summed E-state index contributed by atoms with van der Waals surface area (Å²) in [5, 5.41) is 0. The number of methoxy groups -OCH3 is 1. The van der Waals surface area contributed by atoms with E-state index in [1.807, 2.05) is 0 Å². The van der Waals surface area contributed by atoms with Crippen molar-refractivity contribution in [3.8, 4) is 0 Å². The van der Waals surface area contributed by atoms with Crippen molar-refractivity contribution >= 4 is 21.9 Å². The van der Waals surface area contributed by atoms with Crippen molar-refractivity contribution in [2.45, 2.75) is 6.42 Å². The number of carbonyl (C=O) groups is 1. The highest BCUT2D eigenvalue weighted by atomic mass is 79.9. The van der Waals surface area contributed by atoms with E-state index in [2.05, 4.69) is 27.2 Å². The summed E-state index contributed by atoms with van der Waals surface area (Å²) in [6.45, 7) is 3.49. The van der Waals surface area contributed by atoms with Crippen LogP contribution in [-0.4, -0.2) is 18.6 Å². The van der Waals surface area contributed by atoms with E-state index in [0.717, 1.165) is 0 Å². The Morgan fingerprint density at radius 2 is 2.33 bits per heavy atom. The predicted molar refractivity (Wildman–Crippen MR) is 49.8 cm³/mol. The summed E-state index contributed by atoms with van der Waals surface area (Å²) in [4.78, 5) is 10.8. The molecule has 0 fully saturated rings. The molecule has 0 spiro atoms. The number of allylic oxidation sites excluding steroid dienone is 2. The van der Waals surface area contributed by atoms with Gasteiger partial charge in [0.1, 0.15) is 17.7 Å². The summed E-state index contributed by atoms with van der Waals surface area (Å²) in [5.74, 6) is 0.206. The van der Waals surface area contributed by atoms with Gasteiger partial charge in [-0.05, 0) is 22.0 Å². The van der Waals surface area contributed by atoms with Crippen molar-refractivity contribution in [1.29, 1.82) is 0 Å². The van der Waals surface area contributed by atoms with Crippen LogP contribution in [0.3, 0.4) is 0 Å². The van der Waals surface area contributed by atoms with Crippen molar-refractivity contribution in [2.24, 2.45) is 0 Å². The zero-order chi connectivity index (χ0) is 9.40. The number of rotatable bonds is 5. The lowest BCUT2D eigenvalue weighted by Crippen LogP contribution is -2.03. The molecule has 0 amide bonds. The maximum Gasteiger partial charge on any atom is 0.313 e. The number of ether oxygens (including phenoxy) is 2. The molecule has 0 unspecified atom stereocenters. The van der Waals surface area contributed by atoms with Crippen molar-refractivity contribution in [2.75, 3.05) is 12.6 Å². The van der Waals surface area contributed by atoms with Gasteiger partial charge in [-0.3, -0.25) is 4.79 Å². The van der Waals surface area contributed by atoms with Gasteiger partial charge in [0.05, 0.1) is 7.11 Å². The number of esters is 1. The van der Waals surface area contributed by atoms with Crippen LogP contribution < -0.4 is 0 Å². The Morgan fingerprint density at radius 3 is 2.75 bits per heavy atom. The number of alkyl halides is 1. The van der Waals surface area contributed by atoms with Crippen LogP contribution in [0.25, 0.3) is 0 Å². The Morgan fingerprint density at radius 1 is 1.67 bits per heavy atom. The quantitative estimate of drug-likeness (QED) is 0.316. The molecule has 0 atom stereocenters. The van der Waals surface area contributed by atoms with Gasteiger partial charge in [-0.25, -0.2) is 0 Å². The fourth-order valence-electron chi connectivity index (χ4n) is 0.574. The zero-order valence-corrected chi connectivity index (χ0v) is 8.46. The van der Waals surface area contributed by atoms with Crippen LogP contribution in [0.15, 0.2) is 24.5 Å². The Kier molecular flexibility index (Phi) is 6.47. The van der Waals surface area contributed by atoms with Crippen LogP contribution in [0.5, 0.6) is 0 Å².